The quantitative estimate of drug-likeness (QED) is 0.871. The fraction of sp³-hybridized carbons (Fsp3) is 0.533. The summed E-state index contributed by atoms with van der Waals surface area (Å²) in [7, 11) is 0. The number of rotatable bonds is 5. The van der Waals surface area contributed by atoms with Gasteiger partial charge in [-0.15, -0.1) is 0 Å². The van der Waals surface area contributed by atoms with Crippen molar-refractivity contribution in [1.29, 1.82) is 0 Å². The molecule has 1 amide bonds. The Morgan fingerprint density at radius 2 is 2.16 bits per heavy atom. The zero-order chi connectivity index (χ0) is 14.0. The van der Waals surface area contributed by atoms with Crippen LogP contribution in [0.3, 0.4) is 0 Å². The van der Waals surface area contributed by atoms with Gasteiger partial charge in [-0.25, -0.2) is 0 Å². The molecule has 3 nitrogen and oxygen atoms in total. The Morgan fingerprint density at radius 3 is 2.68 bits per heavy atom. The van der Waals surface area contributed by atoms with E-state index < -0.39 is 6.04 Å². The molecule has 1 atom stereocenters. The lowest BCUT2D eigenvalue weighted by atomic mass is 9.95. The van der Waals surface area contributed by atoms with E-state index in [1.165, 1.54) is 5.56 Å². The van der Waals surface area contributed by atoms with Crippen LogP contribution in [0, 0.1) is 5.92 Å². The number of carbonyl (C=O) groups excluding carboxylic acids is 1. The van der Waals surface area contributed by atoms with E-state index in [1.807, 2.05) is 32.0 Å². The molecule has 1 aliphatic rings. The largest absolute Gasteiger partial charge is 0.354 e. The molecule has 1 aromatic rings. The predicted octanol–water partition coefficient (Wildman–Crippen LogP) is 2.47. The maximum atomic E-state index is 11.9. The van der Waals surface area contributed by atoms with Crippen LogP contribution in [0.5, 0.6) is 0 Å². The fourth-order valence-electron chi connectivity index (χ4n) is 2.21. The Labute approximate surface area is 119 Å². The predicted molar refractivity (Wildman–Crippen MR) is 78.2 cm³/mol. The van der Waals surface area contributed by atoms with Crippen LogP contribution in [0.15, 0.2) is 24.3 Å². The van der Waals surface area contributed by atoms with Crippen molar-refractivity contribution >= 4 is 17.5 Å². The lowest BCUT2D eigenvalue weighted by Gasteiger charge is -2.20. The van der Waals surface area contributed by atoms with Crippen molar-refractivity contribution < 1.29 is 4.79 Å². The summed E-state index contributed by atoms with van der Waals surface area (Å²) in [4.78, 5) is 11.9. The molecule has 1 saturated carbocycles. The zero-order valence-electron chi connectivity index (χ0n) is 11.4. The number of halogens is 1. The van der Waals surface area contributed by atoms with E-state index in [4.69, 9.17) is 17.3 Å². The first-order chi connectivity index (χ1) is 8.94. The van der Waals surface area contributed by atoms with Gasteiger partial charge >= 0.3 is 0 Å². The molecule has 4 heteroatoms. The molecule has 2 rings (SSSR count). The van der Waals surface area contributed by atoms with Gasteiger partial charge in [0.15, 0.2) is 0 Å². The molecule has 3 N–H and O–H groups in total. The van der Waals surface area contributed by atoms with Crippen molar-refractivity contribution in [2.75, 3.05) is 6.54 Å². The lowest BCUT2D eigenvalue weighted by molar-refractivity contribution is -0.123. The summed E-state index contributed by atoms with van der Waals surface area (Å²) in [5, 5.41) is 3.72. The minimum Gasteiger partial charge on any atom is -0.354 e. The van der Waals surface area contributed by atoms with Crippen LogP contribution in [0.4, 0.5) is 0 Å². The Morgan fingerprint density at radius 1 is 1.47 bits per heavy atom. The average Bonchev–Trinajstić information content (AvgIpc) is 3.16. The summed E-state index contributed by atoms with van der Waals surface area (Å²) in [5.41, 5.74) is 7.11. The number of nitrogens with two attached hydrogens (primary N) is 1. The van der Waals surface area contributed by atoms with Gasteiger partial charge < -0.3 is 11.1 Å². The molecule has 0 aromatic heterocycles. The number of amides is 1. The van der Waals surface area contributed by atoms with Crippen molar-refractivity contribution in [3.63, 3.8) is 0 Å². The minimum absolute atomic E-state index is 0.0664. The van der Waals surface area contributed by atoms with Crippen molar-refractivity contribution in [2.45, 2.75) is 38.1 Å². The molecule has 19 heavy (non-hydrogen) atoms. The summed E-state index contributed by atoms with van der Waals surface area (Å²) in [6.45, 7) is 4.55. The first-order valence-electron chi connectivity index (χ1n) is 6.74. The maximum absolute atomic E-state index is 11.9. The molecule has 1 aliphatic carbocycles. The first-order valence-corrected chi connectivity index (χ1v) is 7.12. The number of carbonyl (C=O) groups is 1. The molecule has 0 saturated heterocycles. The van der Waals surface area contributed by atoms with Crippen molar-refractivity contribution in [2.24, 2.45) is 11.7 Å². The summed E-state index contributed by atoms with van der Waals surface area (Å²) in [6.07, 6.45) is 2.18. The molecule has 0 bridgehead atoms. The van der Waals surface area contributed by atoms with Gasteiger partial charge in [-0.1, -0.05) is 37.6 Å². The molecule has 104 valence electrons. The van der Waals surface area contributed by atoms with E-state index in [1.54, 1.807) is 0 Å². The van der Waals surface area contributed by atoms with Crippen molar-refractivity contribution in [3.05, 3.63) is 34.9 Å². The molecular weight excluding hydrogens is 260 g/mol. The van der Waals surface area contributed by atoms with Crippen LogP contribution in [-0.4, -0.2) is 18.5 Å². The molecule has 0 radical (unpaired) electrons. The first kappa shape index (κ1) is 14.4. The number of hydrogen-bond donors (Lipinski definition) is 2. The lowest BCUT2D eigenvalue weighted by Crippen LogP contribution is -2.46. The third-order valence-corrected chi connectivity index (χ3v) is 4.15. The van der Waals surface area contributed by atoms with E-state index in [-0.39, 0.29) is 17.2 Å². The highest BCUT2D eigenvalue weighted by molar-refractivity contribution is 6.30. The van der Waals surface area contributed by atoms with Crippen LogP contribution < -0.4 is 11.1 Å². The average molecular weight is 281 g/mol. The van der Waals surface area contributed by atoms with Crippen LogP contribution >= 0.6 is 11.6 Å². The monoisotopic (exact) mass is 280 g/mol. The molecule has 0 spiro atoms. The Bertz CT molecular complexity index is 469. The van der Waals surface area contributed by atoms with Gasteiger partial charge in [-0.05, 0) is 36.5 Å². The van der Waals surface area contributed by atoms with E-state index in [0.717, 1.165) is 17.9 Å². The number of hydrogen-bond acceptors (Lipinski definition) is 2. The van der Waals surface area contributed by atoms with Crippen LogP contribution in [0.25, 0.3) is 0 Å². The summed E-state index contributed by atoms with van der Waals surface area (Å²) >= 11 is 6.03. The maximum Gasteiger partial charge on any atom is 0.237 e. The Kier molecular flexibility index (Phi) is 4.16. The summed E-state index contributed by atoms with van der Waals surface area (Å²) < 4.78 is 0. The fourth-order valence-corrected chi connectivity index (χ4v) is 2.40. The highest BCUT2D eigenvalue weighted by Gasteiger charge is 2.44. The smallest absolute Gasteiger partial charge is 0.237 e. The number of nitrogens with one attached hydrogen (secondary N) is 1. The van der Waals surface area contributed by atoms with E-state index in [9.17, 15) is 4.79 Å². The highest BCUT2D eigenvalue weighted by Crippen LogP contribution is 2.48. The van der Waals surface area contributed by atoms with Crippen LogP contribution in [0.2, 0.25) is 5.02 Å². The van der Waals surface area contributed by atoms with Gasteiger partial charge in [0.1, 0.15) is 0 Å². The minimum atomic E-state index is -0.435. The molecular formula is C15H21ClN2O. The van der Waals surface area contributed by atoms with E-state index in [2.05, 4.69) is 11.4 Å². The van der Waals surface area contributed by atoms with Gasteiger partial charge in [0.2, 0.25) is 5.91 Å². The molecule has 0 aliphatic heterocycles. The molecule has 1 aromatic carbocycles. The SMILES string of the molecule is CC(C)[C@H](N)C(=O)NCC1(c2cccc(Cl)c2)CC1. The second kappa shape index (κ2) is 5.51. The summed E-state index contributed by atoms with van der Waals surface area (Å²) in [5.74, 6) is 0.0876. The summed E-state index contributed by atoms with van der Waals surface area (Å²) in [6, 6.07) is 7.46. The third-order valence-electron chi connectivity index (χ3n) is 3.91. The van der Waals surface area contributed by atoms with Crippen molar-refractivity contribution in [1.82, 2.24) is 5.32 Å². The zero-order valence-corrected chi connectivity index (χ0v) is 12.2. The second-order valence-corrected chi connectivity index (χ2v) is 6.21. The normalized spacial score (nSPS) is 18.2. The third kappa shape index (κ3) is 3.28. The van der Waals surface area contributed by atoms with Gasteiger partial charge in [0.05, 0.1) is 6.04 Å². The highest BCUT2D eigenvalue weighted by atomic mass is 35.5. The Hall–Kier alpha value is -1.06. The van der Waals surface area contributed by atoms with Gasteiger partial charge in [-0.2, -0.15) is 0 Å². The Balaban J connectivity index is 1.98. The van der Waals surface area contributed by atoms with Gasteiger partial charge in [0, 0.05) is 17.0 Å². The van der Waals surface area contributed by atoms with Crippen molar-refractivity contribution in [3.8, 4) is 0 Å². The second-order valence-electron chi connectivity index (χ2n) is 5.78. The van der Waals surface area contributed by atoms with Gasteiger partial charge in [0.25, 0.3) is 0 Å². The van der Waals surface area contributed by atoms with E-state index >= 15 is 0 Å². The molecule has 0 unspecified atom stereocenters. The topological polar surface area (TPSA) is 55.1 Å². The van der Waals surface area contributed by atoms with E-state index in [0.29, 0.717) is 6.54 Å². The molecule has 1 fully saturated rings. The van der Waals surface area contributed by atoms with Gasteiger partial charge in [-0.3, -0.25) is 4.79 Å². The van der Waals surface area contributed by atoms with Crippen LogP contribution in [0.1, 0.15) is 32.3 Å². The molecule has 0 heterocycles. The number of benzene rings is 1. The standard InChI is InChI=1S/C15H21ClN2O/c1-10(2)13(17)14(19)18-9-15(6-7-15)11-4-3-5-12(16)8-11/h3-5,8,10,13H,6-7,9,17H2,1-2H3,(H,18,19)/t13-/m0/s1. The van der Waals surface area contributed by atoms with Crippen LogP contribution in [-0.2, 0) is 10.2 Å².